The molecule has 0 aliphatic carbocycles. The average Bonchev–Trinajstić information content (AvgIpc) is 3.16. The lowest BCUT2D eigenvalue weighted by molar-refractivity contribution is -0.129. The molecule has 8 heteroatoms. The largest absolute Gasteiger partial charge is 0.333 e. The van der Waals surface area contributed by atoms with Gasteiger partial charge in [0.2, 0.25) is 11.8 Å². The zero-order chi connectivity index (χ0) is 20.6. The van der Waals surface area contributed by atoms with Crippen molar-refractivity contribution in [1.82, 2.24) is 19.9 Å². The Labute approximate surface area is 177 Å². The zero-order valence-electron chi connectivity index (χ0n) is 15.8. The van der Waals surface area contributed by atoms with Gasteiger partial charge >= 0.3 is 0 Å². The number of hydrogen-bond acceptors (Lipinski definition) is 4. The number of nitrogens with one attached hydrogen (secondary N) is 1. The number of carbonyl (C=O) groups is 2. The number of para-hydroxylation sites is 1. The molecule has 2 aromatic carbocycles. The summed E-state index contributed by atoms with van der Waals surface area (Å²) >= 11 is 3.37. The molecule has 0 radical (unpaired) electrons. The molecule has 0 aliphatic rings. The third kappa shape index (κ3) is 6.11. The van der Waals surface area contributed by atoms with E-state index in [-0.39, 0.29) is 18.4 Å². The molecule has 1 N–H and O–H groups in total. The summed E-state index contributed by atoms with van der Waals surface area (Å²) in [6, 6.07) is 17.2. The van der Waals surface area contributed by atoms with Crippen molar-refractivity contribution in [3.63, 3.8) is 0 Å². The van der Waals surface area contributed by atoms with E-state index in [1.54, 1.807) is 30.1 Å². The van der Waals surface area contributed by atoms with E-state index in [0.717, 1.165) is 10.0 Å². The van der Waals surface area contributed by atoms with Crippen molar-refractivity contribution in [3.05, 3.63) is 82.6 Å². The minimum atomic E-state index is -0.301. The maximum Gasteiger partial charge on any atom is 0.246 e. The van der Waals surface area contributed by atoms with E-state index in [1.807, 2.05) is 48.5 Å². The Morgan fingerprint density at radius 3 is 2.62 bits per heavy atom. The van der Waals surface area contributed by atoms with Gasteiger partial charge in [0, 0.05) is 17.6 Å². The van der Waals surface area contributed by atoms with Gasteiger partial charge in [-0.25, -0.2) is 4.68 Å². The fourth-order valence-electron chi connectivity index (χ4n) is 2.57. The summed E-state index contributed by atoms with van der Waals surface area (Å²) in [6.07, 6.45) is 4.72. The monoisotopic (exact) mass is 453 g/mol. The van der Waals surface area contributed by atoms with Crippen LogP contribution in [0.4, 0.5) is 5.69 Å². The molecule has 1 aromatic heterocycles. The topological polar surface area (TPSA) is 80.1 Å². The lowest BCUT2D eigenvalue weighted by Gasteiger charge is -2.15. The van der Waals surface area contributed by atoms with E-state index >= 15 is 0 Å². The molecule has 0 saturated carbocycles. The minimum absolute atomic E-state index is 0.0643. The Morgan fingerprint density at radius 2 is 1.86 bits per heavy atom. The van der Waals surface area contributed by atoms with Crippen LogP contribution in [0.1, 0.15) is 11.3 Å². The molecule has 0 bridgehead atoms. The van der Waals surface area contributed by atoms with Crippen molar-refractivity contribution < 1.29 is 9.59 Å². The Bertz CT molecular complexity index is 1020. The smallest absolute Gasteiger partial charge is 0.246 e. The summed E-state index contributed by atoms with van der Waals surface area (Å²) in [5, 5.41) is 10.9. The number of amides is 2. The second-order valence-corrected chi connectivity index (χ2v) is 7.24. The fraction of sp³-hybridized carbons (Fsp3) is 0.143. The highest BCUT2D eigenvalue weighted by Gasteiger charge is 2.12. The van der Waals surface area contributed by atoms with Crippen molar-refractivity contribution in [2.75, 3.05) is 18.9 Å². The molecule has 3 rings (SSSR count). The normalized spacial score (nSPS) is 10.8. The van der Waals surface area contributed by atoms with Crippen molar-refractivity contribution in [3.8, 4) is 0 Å². The third-order valence-corrected chi connectivity index (χ3v) is 4.74. The standard InChI is InChI=1S/C21H20BrN5O2/c1-26(15-20(28)23-19-10-6-5-9-18(19)22)21(29)12-11-17-14-27(25-24-17)13-16-7-3-2-4-8-16/h2-12,14H,13,15H2,1H3,(H,23,28)/b12-11+. The van der Waals surface area contributed by atoms with E-state index in [4.69, 9.17) is 0 Å². The molecule has 0 atom stereocenters. The first-order valence-electron chi connectivity index (χ1n) is 8.93. The van der Waals surface area contributed by atoms with Crippen LogP contribution in [0.3, 0.4) is 0 Å². The highest BCUT2D eigenvalue weighted by Crippen LogP contribution is 2.20. The molecule has 2 amide bonds. The summed E-state index contributed by atoms with van der Waals surface area (Å²) in [6.45, 7) is 0.538. The maximum atomic E-state index is 12.3. The molecule has 0 spiro atoms. The van der Waals surface area contributed by atoms with E-state index in [1.165, 1.54) is 11.0 Å². The van der Waals surface area contributed by atoms with E-state index < -0.39 is 0 Å². The summed E-state index contributed by atoms with van der Waals surface area (Å²) < 4.78 is 2.48. The van der Waals surface area contributed by atoms with E-state index in [9.17, 15) is 9.59 Å². The van der Waals surface area contributed by atoms with Gasteiger partial charge < -0.3 is 10.2 Å². The molecule has 0 fully saturated rings. The summed E-state index contributed by atoms with van der Waals surface area (Å²) in [4.78, 5) is 25.7. The van der Waals surface area contributed by atoms with Crippen LogP contribution in [0, 0.1) is 0 Å². The van der Waals surface area contributed by atoms with Crippen LogP contribution in [-0.4, -0.2) is 45.3 Å². The van der Waals surface area contributed by atoms with Gasteiger partial charge in [0.05, 0.1) is 25.0 Å². The number of likely N-dealkylation sites (N-methyl/N-ethyl adjacent to an activating group) is 1. The second kappa shape index (κ2) is 9.79. The Hall–Kier alpha value is -3.26. The molecule has 0 saturated heterocycles. The molecular weight excluding hydrogens is 434 g/mol. The molecule has 3 aromatic rings. The van der Waals surface area contributed by atoms with E-state index in [0.29, 0.717) is 17.9 Å². The number of halogens is 1. The second-order valence-electron chi connectivity index (χ2n) is 6.38. The predicted molar refractivity (Wildman–Crippen MR) is 115 cm³/mol. The number of carbonyl (C=O) groups excluding carboxylic acids is 2. The number of anilines is 1. The van der Waals surface area contributed by atoms with Crippen molar-refractivity contribution in [2.45, 2.75) is 6.54 Å². The average molecular weight is 454 g/mol. The van der Waals surface area contributed by atoms with Crippen LogP contribution in [-0.2, 0) is 16.1 Å². The SMILES string of the molecule is CN(CC(=O)Nc1ccccc1Br)C(=O)/C=C/c1cn(Cc2ccccc2)nn1. The first kappa shape index (κ1) is 20.5. The van der Waals surface area contributed by atoms with Gasteiger partial charge in [-0.2, -0.15) is 0 Å². The summed E-state index contributed by atoms with van der Waals surface area (Å²) in [5.41, 5.74) is 2.34. The van der Waals surface area contributed by atoms with Crippen LogP contribution >= 0.6 is 15.9 Å². The third-order valence-electron chi connectivity index (χ3n) is 4.05. The number of benzene rings is 2. The molecule has 1 heterocycles. The van der Waals surface area contributed by atoms with Crippen LogP contribution in [0.2, 0.25) is 0 Å². The highest BCUT2D eigenvalue weighted by molar-refractivity contribution is 9.10. The van der Waals surface area contributed by atoms with Gasteiger partial charge in [0.25, 0.3) is 0 Å². The quantitative estimate of drug-likeness (QED) is 0.557. The highest BCUT2D eigenvalue weighted by atomic mass is 79.9. The molecular formula is C21H20BrN5O2. The van der Waals surface area contributed by atoms with Crippen LogP contribution in [0.15, 0.2) is 71.3 Å². The Kier molecular flexibility index (Phi) is 6.91. The molecule has 0 unspecified atom stereocenters. The van der Waals surface area contributed by atoms with Crippen molar-refractivity contribution in [2.24, 2.45) is 0 Å². The van der Waals surface area contributed by atoms with Crippen LogP contribution in [0.25, 0.3) is 6.08 Å². The van der Waals surface area contributed by atoms with Crippen LogP contribution in [0.5, 0.6) is 0 Å². The lowest BCUT2D eigenvalue weighted by Crippen LogP contribution is -2.33. The van der Waals surface area contributed by atoms with Crippen molar-refractivity contribution in [1.29, 1.82) is 0 Å². The number of aromatic nitrogens is 3. The Balaban J connectivity index is 1.52. The minimum Gasteiger partial charge on any atom is -0.333 e. The van der Waals surface area contributed by atoms with Gasteiger partial charge in [-0.15, -0.1) is 5.10 Å². The lowest BCUT2D eigenvalue weighted by atomic mass is 10.2. The predicted octanol–water partition coefficient (Wildman–Crippen LogP) is 3.20. The van der Waals surface area contributed by atoms with Gasteiger partial charge in [-0.1, -0.05) is 47.7 Å². The number of hydrogen-bond donors (Lipinski definition) is 1. The van der Waals surface area contributed by atoms with Crippen molar-refractivity contribution >= 4 is 39.5 Å². The Morgan fingerprint density at radius 1 is 1.14 bits per heavy atom. The van der Waals surface area contributed by atoms with Gasteiger partial charge in [0.1, 0.15) is 5.69 Å². The van der Waals surface area contributed by atoms with E-state index in [2.05, 4.69) is 31.6 Å². The van der Waals surface area contributed by atoms with Gasteiger partial charge in [-0.3, -0.25) is 9.59 Å². The first-order chi connectivity index (χ1) is 14.0. The fourth-order valence-corrected chi connectivity index (χ4v) is 2.95. The zero-order valence-corrected chi connectivity index (χ0v) is 17.4. The molecule has 148 valence electrons. The van der Waals surface area contributed by atoms with Crippen LogP contribution < -0.4 is 5.32 Å². The first-order valence-corrected chi connectivity index (χ1v) is 9.72. The summed E-state index contributed by atoms with van der Waals surface area (Å²) in [7, 11) is 1.57. The van der Waals surface area contributed by atoms with Gasteiger partial charge in [-0.05, 0) is 39.7 Å². The van der Waals surface area contributed by atoms with Gasteiger partial charge in [0.15, 0.2) is 0 Å². The number of rotatable bonds is 7. The molecule has 0 aliphatic heterocycles. The number of nitrogens with zero attached hydrogens (tertiary/aromatic N) is 4. The maximum absolute atomic E-state index is 12.3. The molecule has 29 heavy (non-hydrogen) atoms. The summed E-state index contributed by atoms with van der Waals surface area (Å²) in [5.74, 6) is -0.583. The molecule has 7 nitrogen and oxygen atoms in total.